The number of alkyl halides is 14. The molecule has 0 aromatic rings. The summed E-state index contributed by atoms with van der Waals surface area (Å²) >= 11 is 0. The molecule has 0 rings (SSSR count). The van der Waals surface area contributed by atoms with Gasteiger partial charge in [0.05, 0.1) is 26.2 Å². The Morgan fingerprint density at radius 1 is 0.379 bits per heavy atom. The normalized spacial score (nSPS) is 15.1. The molecular formula is C14H20F14N+. The second kappa shape index (κ2) is 9.00. The van der Waals surface area contributed by atoms with Gasteiger partial charge in [0.1, 0.15) is 0 Å². The summed E-state index contributed by atoms with van der Waals surface area (Å²) in [4.78, 5) is 0. The molecule has 0 aromatic heterocycles. The molecule has 0 amide bonds. The smallest absolute Gasteiger partial charge is 0.325 e. The first-order valence-corrected chi connectivity index (χ1v) is 7.99. The van der Waals surface area contributed by atoms with E-state index in [-0.39, 0.29) is 0 Å². The number of rotatable bonds is 7. The molecule has 0 atom stereocenters. The molecule has 0 bridgehead atoms. The summed E-state index contributed by atoms with van der Waals surface area (Å²) in [5.41, 5.74) is 0. The molecule has 0 fully saturated rings. The topological polar surface area (TPSA) is 0 Å². The molecule has 0 spiro atoms. The molecule has 0 aliphatic carbocycles. The number of hydrogen-bond donors (Lipinski definition) is 0. The van der Waals surface area contributed by atoms with Crippen molar-refractivity contribution in [2.75, 3.05) is 26.2 Å². The number of halogens is 14. The van der Waals surface area contributed by atoms with Crippen molar-refractivity contribution in [1.82, 2.24) is 0 Å². The Kier molecular flexibility index (Phi) is 9.37. The van der Waals surface area contributed by atoms with Crippen LogP contribution in [-0.2, 0) is 0 Å². The molecule has 0 radical (unpaired) electrons. The van der Waals surface area contributed by atoms with Crippen LogP contribution in [0.2, 0.25) is 0 Å². The van der Waals surface area contributed by atoms with E-state index in [1.165, 1.54) is 30.7 Å². The van der Waals surface area contributed by atoms with Crippen LogP contribution in [0.15, 0.2) is 0 Å². The Morgan fingerprint density at radius 3 is 0.621 bits per heavy atom. The van der Waals surface area contributed by atoms with E-state index in [9.17, 15) is 61.5 Å². The zero-order chi connectivity index (χ0) is 24.3. The third-order valence-corrected chi connectivity index (χ3v) is 4.58. The van der Waals surface area contributed by atoms with Gasteiger partial charge >= 0.3 is 36.0 Å². The van der Waals surface area contributed by atoms with Crippen molar-refractivity contribution >= 4 is 0 Å². The van der Waals surface area contributed by atoms with Gasteiger partial charge in [0.2, 0.25) is 0 Å². The van der Waals surface area contributed by atoms with E-state index in [1.807, 2.05) is 0 Å². The molecule has 0 N–H and O–H groups in total. The summed E-state index contributed by atoms with van der Waals surface area (Å²) in [5, 5.41) is 0. The van der Waals surface area contributed by atoms with Crippen LogP contribution in [-0.4, -0.2) is 66.7 Å². The first-order valence-electron chi connectivity index (χ1n) is 7.99. The second-order valence-electron chi connectivity index (χ2n) is 5.90. The average molecular weight is 468 g/mol. The summed E-state index contributed by atoms with van der Waals surface area (Å²) in [6.07, 6.45) is -15.0. The number of quaternary nitrogens is 1. The third-order valence-electron chi connectivity index (χ3n) is 4.58. The van der Waals surface area contributed by atoms with Gasteiger partial charge in [-0.05, 0) is 27.7 Å². The van der Waals surface area contributed by atoms with E-state index in [4.69, 9.17) is 0 Å². The van der Waals surface area contributed by atoms with Crippen molar-refractivity contribution in [2.24, 2.45) is 0 Å². The minimum atomic E-state index is -8.04. The van der Waals surface area contributed by atoms with Crippen molar-refractivity contribution in [1.29, 1.82) is 0 Å². The minimum Gasteiger partial charge on any atom is -0.325 e. The highest BCUT2D eigenvalue weighted by Crippen LogP contribution is 2.60. The molecule has 0 unspecified atom stereocenters. The Balaban J connectivity index is 0. The van der Waals surface area contributed by atoms with E-state index in [0.29, 0.717) is 0 Å². The molecule has 0 aliphatic rings. The predicted octanol–water partition coefficient (Wildman–Crippen LogP) is 6.54. The van der Waals surface area contributed by atoms with E-state index in [2.05, 4.69) is 27.7 Å². The SMILES string of the molecule is CC[N+](CC)(CC)CC.FC(F)(F)C(F)(F)C(F)(F)C(F)(F)C(F)(F)C(F)(F)F. The van der Waals surface area contributed by atoms with E-state index < -0.39 is 36.0 Å². The zero-order valence-corrected chi connectivity index (χ0v) is 15.6. The van der Waals surface area contributed by atoms with Gasteiger partial charge in [0.15, 0.2) is 0 Å². The van der Waals surface area contributed by atoms with Crippen LogP contribution in [0.3, 0.4) is 0 Å². The summed E-state index contributed by atoms with van der Waals surface area (Å²) in [7, 11) is 0. The second-order valence-corrected chi connectivity index (χ2v) is 5.90. The van der Waals surface area contributed by atoms with Crippen molar-refractivity contribution in [3.63, 3.8) is 0 Å². The summed E-state index contributed by atoms with van der Waals surface area (Å²) in [6, 6.07) is 0. The maximum Gasteiger partial charge on any atom is 0.460 e. The lowest BCUT2D eigenvalue weighted by Crippen LogP contribution is -2.69. The van der Waals surface area contributed by atoms with Gasteiger partial charge in [0, 0.05) is 0 Å². The molecule has 15 heteroatoms. The predicted molar refractivity (Wildman–Crippen MR) is 74.3 cm³/mol. The summed E-state index contributed by atoms with van der Waals surface area (Å²) < 4.78 is 167. The van der Waals surface area contributed by atoms with E-state index in [0.717, 1.165) is 0 Å². The highest BCUT2D eigenvalue weighted by molar-refractivity contribution is 5.08. The van der Waals surface area contributed by atoms with Crippen molar-refractivity contribution in [3.05, 3.63) is 0 Å². The lowest BCUT2D eigenvalue weighted by molar-refractivity contribution is -0.921. The first kappa shape index (κ1) is 30.2. The Labute approximate surface area is 157 Å². The molecule has 1 nitrogen and oxygen atoms in total. The maximum atomic E-state index is 12.3. The summed E-state index contributed by atoms with van der Waals surface area (Å²) in [5.74, 6) is -31.7. The van der Waals surface area contributed by atoms with Gasteiger partial charge in [-0.1, -0.05) is 0 Å². The fourth-order valence-corrected chi connectivity index (χ4v) is 2.09. The van der Waals surface area contributed by atoms with Gasteiger partial charge < -0.3 is 4.48 Å². The average Bonchev–Trinajstić information content (AvgIpc) is 2.55. The summed E-state index contributed by atoms with van der Waals surface area (Å²) in [6.45, 7) is 14.2. The standard InChI is InChI=1S/C8H20N.C6F14/c1-5-9(6-2,7-3)8-4;7-1(8,3(11,12)5(15,16)17)2(9,10)4(13,14)6(18,19)20/h5-8H2,1-4H3;/q+1;. The van der Waals surface area contributed by atoms with Crippen LogP contribution < -0.4 is 0 Å². The molecule has 0 aliphatic heterocycles. The van der Waals surface area contributed by atoms with Crippen LogP contribution in [0.25, 0.3) is 0 Å². The Morgan fingerprint density at radius 2 is 0.552 bits per heavy atom. The van der Waals surface area contributed by atoms with Gasteiger partial charge in [-0.25, -0.2) is 0 Å². The minimum absolute atomic E-state index is 1.28. The van der Waals surface area contributed by atoms with Crippen molar-refractivity contribution < 1.29 is 65.9 Å². The molecule has 0 aromatic carbocycles. The molecule has 0 heterocycles. The molecule has 0 saturated heterocycles. The van der Waals surface area contributed by atoms with Crippen LogP contribution in [0, 0.1) is 0 Å². The fraction of sp³-hybridized carbons (Fsp3) is 1.00. The van der Waals surface area contributed by atoms with Gasteiger partial charge in [0.25, 0.3) is 0 Å². The third kappa shape index (κ3) is 5.37. The first-order chi connectivity index (χ1) is 12.5. The lowest BCUT2D eigenvalue weighted by atomic mass is 9.98. The van der Waals surface area contributed by atoms with Crippen LogP contribution in [0.1, 0.15) is 27.7 Å². The zero-order valence-electron chi connectivity index (χ0n) is 15.6. The largest absolute Gasteiger partial charge is 0.460 e. The van der Waals surface area contributed by atoms with E-state index in [1.54, 1.807) is 0 Å². The number of hydrogen-bond acceptors (Lipinski definition) is 0. The molecule has 178 valence electrons. The lowest BCUT2D eigenvalue weighted by Gasteiger charge is -2.37. The fourth-order valence-electron chi connectivity index (χ4n) is 2.09. The van der Waals surface area contributed by atoms with Crippen LogP contribution in [0.4, 0.5) is 61.5 Å². The highest BCUT2D eigenvalue weighted by Gasteiger charge is 2.91. The van der Waals surface area contributed by atoms with Gasteiger partial charge in [-0.15, -0.1) is 0 Å². The van der Waals surface area contributed by atoms with Crippen molar-refractivity contribution in [3.8, 4) is 0 Å². The van der Waals surface area contributed by atoms with Gasteiger partial charge in [-0.3, -0.25) is 0 Å². The molecule has 29 heavy (non-hydrogen) atoms. The van der Waals surface area contributed by atoms with Crippen molar-refractivity contribution in [2.45, 2.75) is 63.7 Å². The number of nitrogens with zero attached hydrogens (tertiary/aromatic N) is 1. The monoisotopic (exact) mass is 468 g/mol. The van der Waals surface area contributed by atoms with Crippen LogP contribution >= 0.6 is 0 Å². The molecule has 0 saturated carbocycles. The van der Waals surface area contributed by atoms with Crippen LogP contribution in [0.5, 0.6) is 0 Å². The molecular weight excluding hydrogens is 448 g/mol. The maximum absolute atomic E-state index is 12.3. The van der Waals surface area contributed by atoms with Gasteiger partial charge in [-0.2, -0.15) is 61.5 Å². The van der Waals surface area contributed by atoms with E-state index >= 15 is 0 Å². The Hall–Kier alpha value is -1.02. The Bertz CT molecular complexity index is 448. The quantitative estimate of drug-likeness (QED) is 0.294. The highest BCUT2D eigenvalue weighted by atomic mass is 19.4.